The summed E-state index contributed by atoms with van der Waals surface area (Å²) in [7, 11) is 1.32. The highest BCUT2D eigenvalue weighted by molar-refractivity contribution is 5.96. The van der Waals surface area contributed by atoms with Crippen molar-refractivity contribution >= 4 is 24.0 Å². The first kappa shape index (κ1) is 20.9. The first-order valence-corrected chi connectivity index (χ1v) is 7.43. The minimum absolute atomic E-state index is 0.0910. The summed E-state index contributed by atoms with van der Waals surface area (Å²) in [5, 5.41) is 4.09. The number of ether oxygens (including phenoxy) is 3. The van der Waals surface area contributed by atoms with Crippen molar-refractivity contribution in [1.82, 2.24) is 10.6 Å². The third-order valence-corrected chi connectivity index (χ3v) is 2.72. The van der Waals surface area contributed by atoms with E-state index in [1.165, 1.54) is 31.3 Å². The summed E-state index contributed by atoms with van der Waals surface area (Å²) in [5.74, 6) is -1.66. The second kappa shape index (κ2) is 10.6. The number of imide groups is 1. The molecule has 0 aliphatic rings. The van der Waals surface area contributed by atoms with Crippen molar-refractivity contribution in [3.05, 3.63) is 29.8 Å². The van der Waals surface area contributed by atoms with E-state index < -0.39 is 31.1 Å². The molecule has 3 amide bonds. The molecule has 1 aromatic rings. The maximum atomic E-state index is 12.3. The van der Waals surface area contributed by atoms with Crippen molar-refractivity contribution < 1.29 is 37.4 Å². The molecule has 0 atom stereocenters. The van der Waals surface area contributed by atoms with E-state index in [0.717, 1.165) is 6.08 Å². The Balaban J connectivity index is 2.66. The highest BCUT2D eigenvalue weighted by atomic mass is 19.3. The Labute approximate surface area is 148 Å². The van der Waals surface area contributed by atoms with E-state index in [1.807, 2.05) is 5.32 Å². The third kappa shape index (κ3) is 7.60. The predicted molar refractivity (Wildman–Crippen MR) is 86.8 cm³/mol. The molecule has 0 radical (unpaired) electrons. The molecule has 8 nitrogen and oxygen atoms in total. The summed E-state index contributed by atoms with van der Waals surface area (Å²) in [6, 6.07) is 3.39. The number of alkyl halides is 2. The van der Waals surface area contributed by atoms with Crippen LogP contribution >= 0.6 is 0 Å². The van der Waals surface area contributed by atoms with E-state index in [9.17, 15) is 23.2 Å². The number of esters is 1. The van der Waals surface area contributed by atoms with Crippen LogP contribution in [0.2, 0.25) is 0 Å². The van der Waals surface area contributed by atoms with Gasteiger partial charge in [-0.1, -0.05) is 6.07 Å². The fourth-order valence-electron chi connectivity index (χ4n) is 1.66. The van der Waals surface area contributed by atoms with Gasteiger partial charge in [-0.2, -0.15) is 8.78 Å². The van der Waals surface area contributed by atoms with E-state index in [-0.39, 0.29) is 18.1 Å². The Morgan fingerprint density at radius 2 is 1.96 bits per heavy atom. The molecule has 0 fully saturated rings. The highest BCUT2D eigenvalue weighted by Crippen LogP contribution is 2.30. The molecule has 0 saturated heterocycles. The number of amides is 3. The lowest BCUT2D eigenvalue weighted by Crippen LogP contribution is -2.39. The SMILES string of the molecule is CCOc1cc(/C=C/C(=O)OCC(=O)NC(=O)NC)ccc1OC(F)F. The summed E-state index contributed by atoms with van der Waals surface area (Å²) >= 11 is 0. The topological polar surface area (TPSA) is 103 Å². The van der Waals surface area contributed by atoms with Crippen LogP contribution in [0.1, 0.15) is 12.5 Å². The second-order valence-corrected chi connectivity index (χ2v) is 4.59. The van der Waals surface area contributed by atoms with E-state index in [4.69, 9.17) is 4.74 Å². The fraction of sp³-hybridized carbons (Fsp3) is 0.312. The Kier molecular flexibility index (Phi) is 8.55. The van der Waals surface area contributed by atoms with Crippen LogP contribution in [0, 0.1) is 0 Å². The van der Waals surface area contributed by atoms with Gasteiger partial charge in [0, 0.05) is 13.1 Å². The van der Waals surface area contributed by atoms with Crippen LogP contribution in [0.25, 0.3) is 6.08 Å². The van der Waals surface area contributed by atoms with Gasteiger partial charge in [-0.3, -0.25) is 10.1 Å². The molecule has 10 heteroatoms. The molecular weight excluding hydrogens is 354 g/mol. The molecule has 142 valence electrons. The molecular formula is C16H18F2N2O6. The van der Waals surface area contributed by atoms with E-state index in [0.29, 0.717) is 5.56 Å². The number of halogens is 2. The molecule has 0 aromatic heterocycles. The minimum atomic E-state index is -2.99. The van der Waals surface area contributed by atoms with Crippen molar-refractivity contribution in [1.29, 1.82) is 0 Å². The second-order valence-electron chi connectivity index (χ2n) is 4.59. The molecule has 0 unspecified atom stereocenters. The minimum Gasteiger partial charge on any atom is -0.490 e. The van der Waals surface area contributed by atoms with Crippen molar-refractivity contribution in [3.63, 3.8) is 0 Å². The quantitative estimate of drug-likeness (QED) is 0.532. The molecule has 2 N–H and O–H groups in total. The lowest BCUT2D eigenvalue weighted by atomic mass is 10.2. The molecule has 1 aromatic carbocycles. The number of benzene rings is 1. The fourth-order valence-corrected chi connectivity index (χ4v) is 1.66. The van der Waals surface area contributed by atoms with Gasteiger partial charge in [0.05, 0.1) is 6.61 Å². The number of hydrogen-bond donors (Lipinski definition) is 2. The van der Waals surface area contributed by atoms with E-state index >= 15 is 0 Å². The van der Waals surface area contributed by atoms with Gasteiger partial charge in [-0.15, -0.1) is 0 Å². The van der Waals surface area contributed by atoms with Crippen LogP contribution in [-0.2, 0) is 14.3 Å². The third-order valence-electron chi connectivity index (χ3n) is 2.72. The Morgan fingerprint density at radius 1 is 1.23 bits per heavy atom. The zero-order chi connectivity index (χ0) is 19.5. The standard InChI is InChI=1S/C16H18F2N2O6/c1-3-24-12-8-10(4-6-11(12)26-15(17)18)5-7-14(22)25-9-13(21)20-16(23)19-2/h4-8,15H,3,9H2,1-2H3,(H2,19,20,21,23)/b7-5+. The summed E-state index contributed by atoms with van der Waals surface area (Å²) in [6.45, 7) is -1.72. The first-order valence-electron chi connectivity index (χ1n) is 7.43. The average molecular weight is 372 g/mol. The summed E-state index contributed by atoms with van der Waals surface area (Å²) in [5.41, 5.74) is 0.460. The predicted octanol–water partition coefficient (Wildman–Crippen LogP) is 1.70. The van der Waals surface area contributed by atoms with Gasteiger partial charge in [-0.05, 0) is 30.7 Å². The van der Waals surface area contributed by atoms with Gasteiger partial charge in [0.15, 0.2) is 18.1 Å². The largest absolute Gasteiger partial charge is 0.490 e. The lowest BCUT2D eigenvalue weighted by molar-refractivity contribution is -0.143. The highest BCUT2D eigenvalue weighted by Gasteiger charge is 2.11. The number of carbonyl (C=O) groups is 3. The van der Waals surface area contributed by atoms with Crippen molar-refractivity contribution in [3.8, 4) is 11.5 Å². The first-order chi connectivity index (χ1) is 12.3. The maximum Gasteiger partial charge on any atom is 0.387 e. The number of rotatable bonds is 8. The molecule has 0 saturated carbocycles. The van der Waals surface area contributed by atoms with E-state index in [1.54, 1.807) is 6.92 Å². The zero-order valence-corrected chi connectivity index (χ0v) is 14.1. The normalized spacial score (nSPS) is 10.5. The van der Waals surface area contributed by atoms with Gasteiger partial charge < -0.3 is 19.5 Å². The molecule has 0 aliphatic heterocycles. The van der Waals surface area contributed by atoms with Crippen molar-refractivity contribution in [2.45, 2.75) is 13.5 Å². The van der Waals surface area contributed by atoms with Crippen molar-refractivity contribution in [2.75, 3.05) is 20.3 Å². The number of carbonyl (C=O) groups excluding carboxylic acids is 3. The van der Waals surface area contributed by atoms with Gasteiger partial charge >= 0.3 is 18.6 Å². The number of urea groups is 1. The summed E-state index contributed by atoms with van der Waals surface area (Å²) < 4.78 is 38.9. The summed E-state index contributed by atoms with van der Waals surface area (Å²) in [6.07, 6.45) is 2.37. The van der Waals surface area contributed by atoms with Crippen LogP contribution < -0.4 is 20.1 Å². The van der Waals surface area contributed by atoms with Crippen molar-refractivity contribution in [2.24, 2.45) is 0 Å². The van der Waals surface area contributed by atoms with Gasteiger partial charge in [0.25, 0.3) is 5.91 Å². The number of nitrogens with one attached hydrogen (secondary N) is 2. The molecule has 0 heterocycles. The smallest absolute Gasteiger partial charge is 0.387 e. The van der Waals surface area contributed by atoms with Crippen LogP contribution in [0.5, 0.6) is 11.5 Å². The lowest BCUT2D eigenvalue weighted by Gasteiger charge is -2.11. The number of hydrogen-bond acceptors (Lipinski definition) is 6. The van der Waals surface area contributed by atoms with E-state index in [2.05, 4.69) is 14.8 Å². The van der Waals surface area contributed by atoms with Gasteiger partial charge in [-0.25, -0.2) is 9.59 Å². The zero-order valence-electron chi connectivity index (χ0n) is 14.1. The molecule has 1 rings (SSSR count). The molecule has 26 heavy (non-hydrogen) atoms. The van der Waals surface area contributed by atoms with Gasteiger partial charge in [0.2, 0.25) is 0 Å². The maximum absolute atomic E-state index is 12.3. The Hall–Kier alpha value is -3.17. The van der Waals surface area contributed by atoms with Crippen LogP contribution in [0.4, 0.5) is 13.6 Å². The van der Waals surface area contributed by atoms with Crippen LogP contribution in [0.3, 0.4) is 0 Å². The van der Waals surface area contributed by atoms with Crippen LogP contribution in [-0.4, -0.2) is 44.8 Å². The molecule has 0 aliphatic carbocycles. The van der Waals surface area contributed by atoms with Gasteiger partial charge in [0.1, 0.15) is 0 Å². The molecule has 0 bridgehead atoms. The monoisotopic (exact) mass is 372 g/mol. The van der Waals surface area contributed by atoms with Crippen LogP contribution in [0.15, 0.2) is 24.3 Å². The summed E-state index contributed by atoms with van der Waals surface area (Å²) in [4.78, 5) is 33.7. The Bertz CT molecular complexity index is 679. The average Bonchev–Trinajstić information content (AvgIpc) is 2.59. The molecule has 0 spiro atoms. The Morgan fingerprint density at radius 3 is 2.58 bits per heavy atom.